The minimum atomic E-state index is -4.71. The van der Waals surface area contributed by atoms with Crippen molar-refractivity contribution in [1.29, 1.82) is 0 Å². The van der Waals surface area contributed by atoms with Crippen LogP contribution < -0.4 is 10.2 Å². The monoisotopic (exact) mass is 1120 g/mol. The van der Waals surface area contributed by atoms with E-state index in [0.717, 1.165) is 109 Å². The van der Waals surface area contributed by atoms with Gasteiger partial charge >= 0.3 is 5.97 Å². The average molecular weight is 1130 g/mol. The van der Waals surface area contributed by atoms with Crippen molar-refractivity contribution in [3.8, 4) is 0 Å². The highest BCUT2D eigenvalue weighted by Crippen LogP contribution is 2.38. The van der Waals surface area contributed by atoms with E-state index in [1.54, 1.807) is 0 Å². The van der Waals surface area contributed by atoms with E-state index >= 15 is 0 Å². The second-order valence-corrected chi connectivity index (χ2v) is 24.7. The average Bonchev–Trinajstić information content (AvgIpc) is 3.41. The van der Waals surface area contributed by atoms with Gasteiger partial charge in [0, 0.05) is 12.8 Å². The lowest BCUT2D eigenvalue weighted by atomic mass is 10.0. The van der Waals surface area contributed by atoms with Gasteiger partial charge in [0.1, 0.15) is 19.3 Å². The zero-order valence-electron chi connectivity index (χ0n) is 52.3. The molecule has 3 atom stereocenters. The molecule has 3 unspecified atom stereocenters. The van der Waals surface area contributed by atoms with Crippen LogP contribution in [0.25, 0.3) is 0 Å². The quantitative estimate of drug-likeness (QED) is 0.0212. The molecule has 0 bridgehead atoms. The van der Waals surface area contributed by atoms with Gasteiger partial charge in [-0.2, -0.15) is 0 Å². The molecule has 79 heavy (non-hydrogen) atoms. The number of nitrogens with zero attached hydrogens (tertiary/aromatic N) is 1. The number of quaternary nitrogens is 1. The summed E-state index contributed by atoms with van der Waals surface area (Å²) in [6.45, 7) is 6.79. The molecule has 0 fully saturated rings. The van der Waals surface area contributed by atoms with Crippen LogP contribution in [-0.4, -0.2) is 69.4 Å². The molecule has 458 valence electrons. The molecule has 0 spiro atoms. The van der Waals surface area contributed by atoms with Crippen LogP contribution in [0, 0.1) is 0 Å². The summed E-state index contributed by atoms with van der Waals surface area (Å²) in [5.41, 5.74) is 0. The smallest absolute Gasteiger partial charge is 0.306 e. The fourth-order valence-electron chi connectivity index (χ4n) is 9.18. The van der Waals surface area contributed by atoms with Crippen molar-refractivity contribution >= 4 is 19.7 Å². The Bertz CT molecular complexity index is 1630. The maximum Gasteiger partial charge on any atom is 0.306 e. The predicted molar refractivity (Wildman–Crippen MR) is 339 cm³/mol. The second-order valence-electron chi connectivity index (χ2n) is 23.3. The first-order valence-corrected chi connectivity index (χ1v) is 34.4. The number of amides is 1. The van der Waals surface area contributed by atoms with Crippen LogP contribution in [0.4, 0.5) is 0 Å². The van der Waals surface area contributed by atoms with E-state index < -0.39 is 26.6 Å². The van der Waals surface area contributed by atoms with Gasteiger partial charge < -0.3 is 28.5 Å². The van der Waals surface area contributed by atoms with Crippen molar-refractivity contribution < 1.29 is 37.3 Å². The Hall–Kier alpha value is -2.81. The van der Waals surface area contributed by atoms with Crippen LogP contribution in [0.15, 0.2) is 85.1 Å². The lowest BCUT2D eigenvalue weighted by molar-refractivity contribution is -0.870. The van der Waals surface area contributed by atoms with Gasteiger partial charge in [0.25, 0.3) is 7.82 Å². The highest BCUT2D eigenvalue weighted by molar-refractivity contribution is 7.45. The van der Waals surface area contributed by atoms with Gasteiger partial charge in [-0.25, -0.2) is 0 Å². The summed E-state index contributed by atoms with van der Waals surface area (Å²) in [5, 5.41) is 3.03. The molecule has 0 saturated carbocycles. The number of unbranched alkanes of at least 4 members (excludes halogenated alkanes) is 31. The lowest BCUT2D eigenvalue weighted by Gasteiger charge is -2.30. The standard InChI is InChI=1S/C69H125N2O7P/c1-7-10-13-16-19-22-25-28-30-32-34-35-37-38-40-43-46-49-52-55-58-61-68(72)70-66(65-77-79(74,75)76-64-63-71(4,5)6)67(60-57-54-51-48-45-42-27-24-21-18-15-12-9-3)78-69(73)62-59-56-53-50-47-44-41-39-36-33-31-29-26-23-20-17-14-11-8-2/h19-20,22-23,28-31,34-36,39,57,60,66-67H,7-18,21,24-27,32-33,37-38,40-56,58-59,61-65H2,1-6H3,(H-,70,72,74,75)/b22-19-,23-20-,30-28-,31-29-,35-34-,39-36-,60-57+. The summed E-state index contributed by atoms with van der Waals surface area (Å²) in [4.78, 5) is 40.1. The number of phosphoric ester groups is 1. The highest BCUT2D eigenvalue weighted by Gasteiger charge is 2.27. The second kappa shape index (κ2) is 58.4. The summed E-state index contributed by atoms with van der Waals surface area (Å²) < 4.78 is 30.4. The molecular formula is C69H125N2O7P. The number of carbonyl (C=O) groups is 2. The number of rotatable bonds is 59. The third-order valence-corrected chi connectivity index (χ3v) is 15.3. The molecule has 0 aromatic carbocycles. The Morgan fingerprint density at radius 1 is 0.443 bits per heavy atom. The molecule has 0 heterocycles. The summed E-state index contributed by atoms with van der Waals surface area (Å²) >= 11 is 0. The Kier molecular flexibility index (Phi) is 56.3. The topological polar surface area (TPSA) is 114 Å². The van der Waals surface area contributed by atoms with E-state index in [4.69, 9.17) is 13.8 Å². The highest BCUT2D eigenvalue weighted by atomic mass is 31.2. The van der Waals surface area contributed by atoms with Crippen molar-refractivity contribution in [2.45, 2.75) is 303 Å². The van der Waals surface area contributed by atoms with Gasteiger partial charge in [-0.1, -0.05) is 254 Å². The van der Waals surface area contributed by atoms with Crippen LogP contribution >= 0.6 is 7.82 Å². The maximum absolute atomic E-state index is 13.6. The molecule has 1 N–H and O–H groups in total. The number of hydrogen-bond acceptors (Lipinski definition) is 7. The Labute approximate surface area is 488 Å². The molecule has 10 heteroatoms. The van der Waals surface area contributed by atoms with E-state index in [-0.39, 0.29) is 24.9 Å². The van der Waals surface area contributed by atoms with Crippen LogP contribution in [0.3, 0.4) is 0 Å². The van der Waals surface area contributed by atoms with Gasteiger partial charge in [0.05, 0.1) is 33.8 Å². The van der Waals surface area contributed by atoms with Gasteiger partial charge in [-0.15, -0.1) is 0 Å². The fourth-order valence-corrected chi connectivity index (χ4v) is 9.91. The summed E-state index contributed by atoms with van der Waals surface area (Å²) in [5.74, 6) is -0.561. The van der Waals surface area contributed by atoms with Crippen LogP contribution in [-0.2, 0) is 27.9 Å². The third-order valence-electron chi connectivity index (χ3n) is 14.3. The number of allylic oxidation sites excluding steroid dienone is 13. The molecule has 0 aromatic heterocycles. The third kappa shape index (κ3) is 59.6. The molecule has 1 amide bonds. The Balaban J connectivity index is 5.27. The zero-order valence-corrected chi connectivity index (χ0v) is 53.2. The van der Waals surface area contributed by atoms with E-state index in [0.29, 0.717) is 23.9 Å². The molecule has 0 aliphatic rings. The first kappa shape index (κ1) is 76.2. The van der Waals surface area contributed by atoms with Crippen LogP contribution in [0.1, 0.15) is 290 Å². The molecule has 0 rings (SSSR count). The number of hydrogen-bond donors (Lipinski definition) is 1. The molecular weight excluding hydrogens is 1000 g/mol. The van der Waals surface area contributed by atoms with Crippen molar-refractivity contribution in [3.05, 3.63) is 85.1 Å². The summed E-state index contributed by atoms with van der Waals surface area (Å²) in [7, 11) is 1.17. The van der Waals surface area contributed by atoms with Crippen LogP contribution in [0.2, 0.25) is 0 Å². The Morgan fingerprint density at radius 2 is 0.772 bits per heavy atom. The van der Waals surface area contributed by atoms with Gasteiger partial charge in [-0.05, 0) is 109 Å². The van der Waals surface area contributed by atoms with Crippen molar-refractivity contribution in [2.75, 3.05) is 40.9 Å². The number of likely N-dealkylation sites (N-methyl/N-ethyl adjacent to an activating group) is 1. The van der Waals surface area contributed by atoms with Gasteiger partial charge in [0.15, 0.2) is 0 Å². The molecule has 0 saturated heterocycles. The van der Waals surface area contributed by atoms with E-state index in [2.05, 4.69) is 99.0 Å². The van der Waals surface area contributed by atoms with Crippen molar-refractivity contribution in [2.24, 2.45) is 0 Å². The first-order valence-electron chi connectivity index (χ1n) is 32.9. The van der Waals surface area contributed by atoms with E-state index in [9.17, 15) is 19.0 Å². The van der Waals surface area contributed by atoms with Gasteiger partial charge in [0.2, 0.25) is 5.91 Å². The van der Waals surface area contributed by atoms with Gasteiger partial charge in [-0.3, -0.25) is 14.2 Å². The predicted octanol–water partition coefficient (Wildman–Crippen LogP) is 19.9. The van der Waals surface area contributed by atoms with Crippen LogP contribution in [0.5, 0.6) is 0 Å². The largest absolute Gasteiger partial charge is 0.756 e. The number of nitrogens with one attached hydrogen (secondary N) is 1. The Morgan fingerprint density at radius 3 is 1.18 bits per heavy atom. The van der Waals surface area contributed by atoms with E-state index in [1.807, 2.05) is 33.3 Å². The molecule has 9 nitrogen and oxygen atoms in total. The normalized spacial score (nSPS) is 14.2. The number of phosphoric acid groups is 1. The minimum Gasteiger partial charge on any atom is -0.756 e. The fraction of sp³-hybridized carbons (Fsp3) is 0.768. The number of ether oxygens (including phenoxy) is 1. The van der Waals surface area contributed by atoms with Crippen molar-refractivity contribution in [1.82, 2.24) is 5.32 Å². The number of carbonyl (C=O) groups excluding carboxylic acids is 2. The van der Waals surface area contributed by atoms with E-state index in [1.165, 1.54) is 141 Å². The zero-order chi connectivity index (χ0) is 57.9. The molecule has 0 radical (unpaired) electrons. The molecule has 0 aromatic rings. The number of esters is 1. The maximum atomic E-state index is 13.6. The first-order chi connectivity index (χ1) is 38.4. The summed E-state index contributed by atoms with van der Waals surface area (Å²) in [6.07, 6.45) is 76.8. The minimum absolute atomic E-state index is 0.0293. The molecule has 0 aliphatic carbocycles. The lowest BCUT2D eigenvalue weighted by Crippen LogP contribution is -2.47. The summed E-state index contributed by atoms with van der Waals surface area (Å²) in [6, 6.07) is -0.903. The molecule has 0 aliphatic heterocycles. The SMILES string of the molecule is CCCCC/C=C\C/C=C\C/C=C\CCCCCCCCCCC(=O)NC(COP(=O)([O-])OCC[N+](C)(C)C)C(/C=C/CCCCCCCCCCCCC)OC(=O)CCCCCCCC/C=C\C/C=C\C/C=C\CCCCC. The van der Waals surface area contributed by atoms with Crippen molar-refractivity contribution in [3.63, 3.8) is 0 Å².